The van der Waals surface area contributed by atoms with Gasteiger partial charge in [-0.05, 0) is 30.5 Å². The van der Waals surface area contributed by atoms with Crippen LogP contribution >= 0.6 is 27.5 Å². The molecule has 1 atom stereocenters. The lowest BCUT2D eigenvalue weighted by molar-refractivity contribution is -0.143. The Kier molecular flexibility index (Phi) is 5.47. The van der Waals surface area contributed by atoms with Crippen molar-refractivity contribution in [3.63, 3.8) is 0 Å². The molecular weight excluding hydrogens is 360 g/mol. The molecule has 2 rings (SSSR count). The second-order valence-electron chi connectivity index (χ2n) is 5.02. The van der Waals surface area contributed by atoms with Gasteiger partial charge in [0.2, 0.25) is 0 Å². The average Bonchev–Trinajstić information content (AvgIpc) is 2.46. The van der Waals surface area contributed by atoms with Crippen molar-refractivity contribution in [1.29, 1.82) is 0 Å². The smallest absolute Gasteiger partial charge is 0.317 e. The van der Waals surface area contributed by atoms with Gasteiger partial charge in [-0.25, -0.2) is 4.79 Å². The van der Waals surface area contributed by atoms with Crippen molar-refractivity contribution in [2.75, 3.05) is 13.1 Å². The molecule has 7 heteroatoms. The molecule has 1 aliphatic rings. The minimum atomic E-state index is -0.844. The zero-order valence-corrected chi connectivity index (χ0v) is 13.7. The molecular formula is C14H16BrClN2O3. The Labute approximate surface area is 136 Å². The third-order valence-corrected chi connectivity index (χ3v) is 4.35. The van der Waals surface area contributed by atoms with E-state index in [2.05, 4.69) is 21.2 Å². The molecule has 0 aliphatic carbocycles. The number of piperidine rings is 1. The number of carboxylic acids is 1. The number of carboxylic acid groups (broad SMARTS) is 1. The molecule has 0 radical (unpaired) electrons. The number of nitrogens with zero attached hydrogens (tertiary/aromatic N) is 1. The molecule has 0 spiro atoms. The molecule has 0 aromatic heterocycles. The predicted molar refractivity (Wildman–Crippen MR) is 83.3 cm³/mol. The second-order valence-corrected chi connectivity index (χ2v) is 6.34. The van der Waals surface area contributed by atoms with Gasteiger partial charge in [-0.2, -0.15) is 0 Å². The van der Waals surface area contributed by atoms with Crippen molar-refractivity contribution in [3.8, 4) is 0 Å². The van der Waals surface area contributed by atoms with Crippen LogP contribution in [0.3, 0.4) is 0 Å². The van der Waals surface area contributed by atoms with Crippen LogP contribution in [0.2, 0.25) is 5.02 Å². The highest BCUT2D eigenvalue weighted by Crippen LogP contribution is 2.21. The Morgan fingerprint density at radius 1 is 1.48 bits per heavy atom. The van der Waals surface area contributed by atoms with Crippen molar-refractivity contribution >= 4 is 39.5 Å². The molecule has 21 heavy (non-hydrogen) atoms. The number of carbonyl (C=O) groups is 2. The maximum absolute atomic E-state index is 12.1. The first-order valence-electron chi connectivity index (χ1n) is 6.67. The fourth-order valence-corrected chi connectivity index (χ4v) is 3.05. The summed E-state index contributed by atoms with van der Waals surface area (Å²) in [6.07, 6.45) is 1.33. The average molecular weight is 376 g/mol. The van der Waals surface area contributed by atoms with Crippen LogP contribution in [-0.4, -0.2) is 35.1 Å². The van der Waals surface area contributed by atoms with Crippen molar-refractivity contribution in [2.45, 2.75) is 19.4 Å². The summed E-state index contributed by atoms with van der Waals surface area (Å²) in [5, 5.41) is 12.4. The summed E-state index contributed by atoms with van der Waals surface area (Å²) in [6.45, 7) is 1.16. The van der Waals surface area contributed by atoms with Crippen LogP contribution in [-0.2, 0) is 11.3 Å². The van der Waals surface area contributed by atoms with E-state index in [9.17, 15) is 9.59 Å². The van der Waals surface area contributed by atoms with Crippen molar-refractivity contribution in [3.05, 3.63) is 33.3 Å². The summed E-state index contributed by atoms with van der Waals surface area (Å²) in [4.78, 5) is 24.6. The van der Waals surface area contributed by atoms with Crippen LogP contribution in [0.25, 0.3) is 0 Å². The van der Waals surface area contributed by atoms with Crippen molar-refractivity contribution in [1.82, 2.24) is 10.2 Å². The topological polar surface area (TPSA) is 69.6 Å². The fourth-order valence-electron chi connectivity index (χ4n) is 2.31. The number of carbonyl (C=O) groups excluding carboxylic acids is 1. The molecule has 0 saturated carbocycles. The normalized spacial score (nSPS) is 18.4. The minimum absolute atomic E-state index is 0.250. The summed E-state index contributed by atoms with van der Waals surface area (Å²) >= 11 is 9.41. The standard InChI is InChI=1S/C14H16BrClN2O3/c15-11-4-3-9(12(16)6-11)7-17-14(21)18-5-1-2-10(8-18)13(19)20/h3-4,6,10H,1-2,5,7-8H2,(H,17,21)(H,19,20). The molecule has 5 nitrogen and oxygen atoms in total. The molecule has 1 aromatic rings. The predicted octanol–water partition coefficient (Wildman–Crippen LogP) is 3.11. The van der Waals surface area contributed by atoms with Crippen LogP contribution in [0.5, 0.6) is 0 Å². The number of hydrogen-bond acceptors (Lipinski definition) is 2. The zero-order chi connectivity index (χ0) is 15.4. The molecule has 1 aliphatic heterocycles. The number of likely N-dealkylation sites (tertiary alicyclic amines) is 1. The van der Waals surface area contributed by atoms with Gasteiger partial charge in [-0.1, -0.05) is 33.6 Å². The second kappa shape index (κ2) is 7.13. The van der Waals surface area contributed by atoms with Gasteiger partial charge >= 0.3 is 12.0 Å². The number of nitrogens with one attached hydrogen (secondary N) is 1. The largest absolute Gasteiger partial charge is 0.481 e. The van der Waals surface area contributed by atoms with E-state index in [1.54, 1.807) is 11.0 Å². The number of amides is 2. The minimum Gasteiger partial charge on any atom is -0.481 e. The number of urea groups is 1. The van der Waals surface area contributed by atoms with Crippen LogP contribution in [0.15, 0.2) is 22.7 Å². The van der Waals surface area contributed by atoms with E-state index in [-0.39, 0.29) is 12.6 Å². The van der Waals surface area contributed by atoms with Crippen LogP contribution in [0.4, 0.5) is 4.79 Å². The van der Waals surface area contributed by atoms with Gasteiger partial charge in [0, 0.05) is 29.1 Å². The van der Waals surface area contributed by atoms with Gasteiger partial charge in [0.25, 0.3) is 0 Å². The summed E-state index contributed by atoms with van der Waals surface area (Å²) in [5.74, 6) is -1.32. The Morgan fingerprint density at radius 3 is 2.90 bits per heavy atom. The number of aliphatic carboxylic acids is 1. The fraction of sp³-hybridized carbons (Fsp3) is 0.429. The summed E-state index contributed by atoms with van der Waals surface area (Å²) in [7, 11) is 0. The molecule has 1 unspecified atom stereocenters. The monoisotopic (exact) mass is 374 g/mol. The van der Waals surface area contributed by atoms with E-state index in [0.717, 1.165) is 10.0 Å². The SMILES string of the molecule is O=C(O)C1CCCN(C(=O)NCc2ccc(Br)cc2Cl)C1. The molecule has 0 bridgehead atoms. The zero-order valence-electron chi connectivity index (χ0n) is 11.3. The maximum Gasteiger partial charge on any atom is 0.317 e. The summed E-state index contributed by atoms with van der Waals surface area (Å²) in [6, 6.07) is 5.21. The van der Waals surface area contributed by atoms with Gasteiger partial charge in [0.15, 0.2) is 0 Å². The van der Waals surface area contributed by atoms with Gasteiger partial charge in [0.1, 0.15) is 0 Å². The Balaban J connectivity index is 1.90. The van der Waals surface area contributed by atoms with E-state index in [1.165, 1.54) is 0 Å². The molecule has 1 aromatic carbocycles. The van der Waals surface area contributed by atoms with E-state index in [0.29, 0.717) is 31.0 Å². The highest BCUT2D eigenvalue weighted by atomic mass is 79.9. The van der Waals surface area contributed by atoms with Crippen LogP contribution in [0, 0.1) is 5.92 Å². The number of halogens is 2. The molecule has 114 valence electrons. The quantitative estimate of drug-likeness (QED) is 0.853. The van der Waals surface area contributed by atoms with E-state index in [1.807, 2.05) is 12.1 Å². The third kappa shape index (κ3) is 4.35. The first kappa shape index (κ1) is 16.1. The van der Waals surface area contributed by atoms with Gasteiger partial charge < -0.3 is 15.3 Å². The van der Waals surface area contributed by atoms with E-state index >= 15 is 0 Å². The molecule has 1 saturated heterocycles. The number of benzene rings is 1. The Bertz CT molecular complexity index is 553. The highest BCUT2D eigenvalue weighted by Gasteiger charge is 2.27. The maximum atomic E-state index is 12.1. The van der Waals surface area contributed by atoms with Gasteiger partial charge in [0.05, 0.1) is 5.92 Å². The highest BCUT2D eigenvalue weighted by molar-refractivity contribution is 9.10. The molecule has 2 N–H and O–H groups in total. The Hall–Kier alpha value is -1.27. The number of rotatable bonds is 3. The van der Waals surface area contributed by atoms with Crippen molar-refractivity contribution in [2.24, 2.45) is 5.92 Å². The first-order valence-corrected chi connectivity index (χ1v) is 7.84. The number of hydrogen-bond donors (Lipinski definition) is 2. The van der Waals surface area contributed by atoms with Gasteiger partial charge in [-0.3, -0.25) is 4.79 Å². The summed E-state index contributed by atoms with van der Waals surface area (Å²) < 4.78 is 0.878. The third-order valence-electron chi connectivity index (χ3n) is 3.50. The molecule has 2 amide bonds. The lowest BCUT2D eigenvalue weighted by Gasteiger charge is -2.30. The van der Waals surface area contributed by atoms with Crippen LogP contribution < -0.4 is 5.32 Å². The van der Waals surface area contributed by atoms with E-state index < -0.39 is 11.9 Å². The van der Waals surface area contributed by atoms with Crippen LogP contribution in [0.1, 0.15) is 18.4 Å². The lowest BCUT2D eigenvalue weighted by atomic mass is 9.99. The molecule has 1 fully saturated rings. The lowest BCUT2D eigenvalue weighted by Crippen LogP contribution is -2.46. The van der Waals surface area contributed by atoms with Crippen molar-refractivity contribution < 1.29 is 14.7 Å². The Morgan fingerprint density at radius 2 is 2.24 bits per heavy atom. The van der Waals surface area contributed by atoms with E-state index in [4.69, 9.17) is 16.7 Å². The first-order chi connectivity index (χ1) is 9.97. The molecule has 1 heterocycles. The van der Waals surface area contributed by atoms with Gasteiger partial charge in [-0.15, -0.1) is 0 Å². The summed E-state index contributed by atoms with van der Waals surface area (Å²) in [5.41, 5.74) is 0.819.